The molecule has 0 saturated carbocycles. The van der Waals surface area contributed by atoms with Gasteiger partial charge in [-0.25, -0.2) is 14.4 Å². The number of rotatable bonds is 5. The number of carbonyl (C=O) groups excluding carboxylic acids is 3. The molecule has 0 spiro atoms. The van der Waals surface area contributed by atoms with E-state index >= 15 is 0 Å². The molecule has 9 heteroatoms. The highest BCUT2D eigenvalue weighted by atomic mass is 16.6. The van der Waals surface area contributed by atoms with Crippen LogP contribution in [0.2, 0.25) is 0 Å². The Morgan fingerprint density at radius 3 is 2.31 bits per heavy atom. The summed E-state index contributed by atoms with van der Waals surface area (Å²) in [5, 5.41) is 15.5. The van der Waals surface area contributed by atoms with Crippen LogP contribution in [0.4, 0.5) is 9.59 Å². The largest absolute Gasteiger partial charge is 0.466 e. The fraction of sp³-hybridized carbons (Fsp3) is 0.450. The molecular formula is C20H26N2O7. The quantitative estimate of drug-likeness (QED) is 0.502. The predicted octanol–water partition coefficient (Wildman–Crippen LogP) is 1.65. The van der Waals surface area contributed by atoms with Gasteiger partial charge in [0, 0.05) is 0 Å². The number of hydrogen-bond acceptors (Lipinski definition) is 7. The normalized spacial score (nSPS) is 21.0. The molecule has 2 rings (SSSR count). The average molecular weight is 406 g/mol. The molecule has 9 nitrogen and oxygen atoms in total. The Kier molecular flexibility index (Phi) is 7.22. The number of amides is 2. The number of ether oxygens (including phenoxy) is 3. The van der Waals surface area contributed by atoms with Gasteiger partial charge in [0.2, 0.25) is 0 Å². The van der Waals surface area contributed by atoms with Gasteiger partial charge in [-0.3, -0.25) is 0 Å². The molecule has 3 atom stereocenters. The maximum Gasteiger partial charge on any atom is 0.408 e. The van der Waals surface area contributed by atoms with E-state index in [4.69, 9.17) is 9.47 Å². The molecule has 0 radical (unpaired) electrons. The summed E-state index contributed by atoms with van der Waals surface area (Å²) in [4.78, 5) is 36.2. The van der Waals surface area contributed by atoms with Crippen LogP contribution in [0.15, 0.2) is 42.0 Å². The lowest BCUT2D eigenvalue weighted by atomic mass is 10.1. The van der Waals surface area contributed by atoms with Crippen LogP contribution < -0.4 is 10.6 Å². The Bertz CT molecular complexity index is 771. The van der Waals surface area contributed by atoms with Crippen LogP contribution in [0.3, 0.4) is 0 Å². The maximum atomic E-state index is 12.2. The molecule has 0 saturated heterocycles. The minimum absolute atomic E-state index is 0.0414. The van der Waals surface area contributed by atoms with E-state index in [1.807, 2.05) is 18.2 Å². The second-order valence-corrected chi connectivity index (χ2v) is 7.46. The van der Waals surface area contributed by atoms with Crippen LogP contribution in [0.5, 0.6) is 0 Å². The first-order valence-electron chi connectivity index (χ1n) is 9.05. The molecule has 1 aliphatic rings. The molecule has 0 aliphatic heterocycles. The molecule has 0 aromatic heterocycles. The summed E-state index contributed by atoms with van der Waals surface area (Å²) in [5.41, 5.74) is -0.0469. The summed E-state index contributed by atoms with van der Waals surface area (Å²) in [6.07, 6.45) is -1.65. The number of carbonyl (C=O) groups is 3. The Morgan fingerprint density at radius 2 is 1.72 bits per heavy atom. The first-order chi connectivity index (χ1) is 13.6. The molecule has 2 amide bonds. The lowest BCUT2D eigenvalue weighted by Crippen LogP contribution is -2.54. The Balaban J connectivity index is 2.06. The third kappa shape index (κ3) is 6.49. The number of nitrogens with one attached hydrogen (secondary N) is 2. The van der Waals surface area contributed by atoms with Gasteiger partial charge in [-0.2, -0.15) is 0 Å². The molecular weight excluding hydrogens is 380 g/mol. The second-order valence-electron chi connectivity index (χ2n) is 7.46. The monoisotopic (exact) mass is 406 g/mol. The standard InChI is InChI=1S/C20H26N2O7/c1-20(2,3)29-19(26)22-15-14(10-13(16(15)23)17(24)27-4)21-18(25)28-11-12-8-6-5-7-9-12/h5-10,14-16,23H,11H2,1-4H3,(H,21,25)(H,22,26)/t14-,15+,16+/m0/s1. The fourth-order valence-corrected chi connectivity index (χ4v) is 2.74. The molecule has 0 bridgehead atoms. The van der Waals surface area contributed by atoms with Crippen LogP contribution in [0.25, 0.3) is 0 Å². The van der Waals surface area contributed by atoms with Crippen molar-refractivity contribution in [2.24, 2.45) is 0 Å². The van der Waals surface area contributed by atoms with Crippen LogP contribution in [0, 0.1) is 0 Å². The Hall–Kier alpha value is -3.07. The number of alkyl carbamates (subject to hydrolysis) is 2. The van der Waals surface area contributed by atoms with Gasteiger partial charge in [-0.1, -0.05) is 30.3 Å². The van der Waals surface area contributed by atoms with Crippen LogP contribution in [0.1, 0.15) is 26.3 Å². The zero-order valence-electron chi connectivity index (χ0n) is 16.8. The molecule has 1 aliphatic carbocycles. The van der Waals surface area contributed by atoms with Gasteiger partial charge >= 0.3 is 18.2 Å². The van der Waals surface area contributed by atoms with E-state index in [0.717, 1.165) is 5.56 Å². The SMILES string of the molecule is COC(=O)C1=C[C@H](NC(=O)OCc2ccccc2)[C@@H](NC(=O)OC(C)(C)C)[C@@H]1O. The van der Waals surface area contributed by atoms with Crippen molar-refractivity contribution in [3.05, 3.63) is 47.5 Å². The molecule has 0 heterocycles. The van der Waals surface area contributed by atoms with E-state index in [0.29, 0.717) is 0 Å². The van der Waals surface area contributed by atoms with Gasteiger partial charge in [0.1, 0.15) is 18.3 Å². The maximum absolute atomic E-state index is 12.2. The number of esters is 1. The van der Waals surface area contributed by atoms with Crippen molar-refractivity contribution in [2.75, 3.05) is 7.11 Å². The van der Waals surface area contributed by atoms with Crippen molar-refractivity contribution < 1.29 is 33.7 Å². The van der Waals surface area contributed by atoms with Crippen molar-refractivity contribution in [1.29, 1.82) is 0 Å². The van der Waals surface area contributed by atoms with Gasteiger partial charge in [0.05, 0.1) is 24.8 Å². The van der Waals surface area contributed by atoms with E-state index in [1.165, 1.54) is 13.2 Å². The predicted molar refractivity (Wildman–Crippen MR) is 103 cm³/mol. The summed E-state index contributed by atoms with van der Waals surface area (Å²) in [6.45, 7) is 5.10. The molecule has 0 unspecified atom stereocenters. The van der Waals surface area contributed by atoms with Gasteiger partial charge in [0.15, 0.2) is 0 Å². The Morgan fingerprint density at radius 1 is 1.07 bits per heavy atom. The smallest absolute Gasteiger partial charge is 0.408 e. The minimum atomic E-state index is -1.39. The average Bonchev–Trinajstić information content (AvgIpc) is 2.94. The highest BCUT2D eigenvalue weighted by Crippen LogP contribution is 2.22. The van der Waals surface area contributed by atoms with E-state index in [-0.39, 0.29) is 12.2 Å². The van der Waals surface area contributed by atoms with Crippen molar-refractivity contribution in [3.63, 3.8) is 0 Å². The van der Waals surface area contributed by atoms with Crippen LogP contribution in [-0.4, -0.2) is 54.2 Å². The van der Waals surface area contributed by atoms with E-state index in [9.17, 15) is 19.5 Å². The van der Waals surface area contributed by atoms with Gasteiger partial charge in [0.25, 0.3) is 0 Å². The van der Waals surface area contributed by atoms with Gasteiger partial charge < -0.3 is 30.0 Å². The Labute approximate surface area is 169 Å². The van der Waals surface area contributed by atoms with E-state index in [2.05, 4.69) is 15.4 Å². The van der Waals surface area contributed by atoms with Crippen LogP contribution in [-0.2, 0) is 25.6 Å². The summed E-state index contributed by atoms with van der Waals surface area (Å²) < 4.78 is 15.0. The van der Waals surface area contributed by atoms with E-state index < -0.39 is 41.9 Å². The first-order valence-corrected chi connectivity index (χ1v) is 9.05. The molecule has 1 aromatic carbocycles. The van der Waals surface area contributed by atoms with Crippen molar-refractivity contribution in [2.45, 2.75) is 51.2 Å². The molecule has 29 heavy (non-hydrogen) atoms. The van der Waals surface area contributed by atoms with Gasteiger partial charge in [-0.15, -0.1) is 0 Å². The van der Waals surface area contributed by atoms with Crippen molar-refractivity contribution in [3.8, 4) is 0 Å². The second kappa shape index (κ2) is 9.42. The molecule has 1 aromatic rings. The number of hydrogen-bond donors (Lipinski definition) is 3. The third-order valence-corrected chi connectivity index (χ3v) is 4.01. The molecule has 158 valence electrons. The summed E-state index contributed by atoms with van der Waals surface area (Å²) >= 11 is 0. The highest BCUT2D eigenvalue weighted by molar-refractivity contribution is 5.91. The number of methoxy groups -OCH3 is 1. The number of benzene rings is 1. The van der Waals surface area contributed by atoms with E-state index in [1.54, 1.807) is 32.9 Å². The summed E-state index contributed by atoms with van der Waals surface area (Å²) in [5.74, 6) is -0.768. The zero-order valence-corrected chi connectivity index (χ0v) is 16.8. The first kappa shape index (κ1) is 22.2. The third-order valence-electron chi connectivity index (χ3n) is 4.01. The van der Waals surface area contributed by atoms with Crippen molar-refractivity contribution in [1.82, 2.24) is 10.6 Å². The highest BCUT2D eigenvalue weighted by Gasteiger charge is 2.42. The minimum Gasteiger partial charge on any atom is -0.466 e. The van der Waals surface area contributed by atoms with Crippen LogP contribution >= 0.6 is 0 Å². The number of aliphatic hydroxyl groups is 1. The van der Waals surface area contributed by atoms with Gasteiger partial charge in [-0.05, 0) is 32.4 Å². The number of aliphatic hydroxyl groups excluding tert-OH is 1. The lowest BCUT2D eigenvalue weighted by molar-refractivity contribution is -0.137. The molecule has 3 N–H and O–H groups in total. The summed E-state index contributed by atoms with van der Waals surface area (Å²) in [6, 6.07) is 7.13. The lowest BCUT2D eigenvalue weighted by Gasteiger charge is -2.27. The topological polar surface area (TPSA) is 123 Å². The zero-order chi connectivity index (χ0) is 21.6. The van der Waals surface area contributed by atoms with Crippen molar-refractivity contribution >= 4 is 18.2 Å². The summed E-state index contributed by atoms with van der Waals surface area (Å²) in [7, 11) is 1.17. The molecule has 0 fully saturated rings. The fourth-order valence-electron chi connectivity index (χ4n) is 2.74.